The molecule has 110 valence electrons. The average molecular weight is 338 g/mol. The number of thioether (sulfide) groups is 1. The van der Waals surface area contributed by atoms with Crippen molar-refractivity contribution in [1.29, 1.82) is 0 Å². The highest BCUT2D eigenvalue weighted by Crippen LogP contribution is 2.30. The van der Waals surface area contributed by atoms with E-state index in [0.717, 1.165) is 16.3 Å². The van der Waals surface area contributed by atoms with Crippen LogP contribution in [0.1, 0.15) is 18.4 Å². The Balaban J connectivity index is 1.62. The molecule has 2 aromatic carbocycles. The SMILES string of the molecule is Clc1ccc(CSc2ccc(N3CCCC3)cc2)c(Cl)c1. The summed E-state index contributed by atoms with van der Waals surface area (Å²) in [6.45, 7) is 2.37. The van der Waals surface area contributed by atoms with Crippen LogP contribution in [-0.4, -0.2) is 13.1 Å². The van der Waals surface area contributed by atoms with Crippen LogP contribution in [0, 0.1) is 0 Å². The van der Waals surface area contributed by atoms with Gasteiger partial charge in [0.15, 0.2) is 0 Å². The molecule has 0 aromatic heterocycles. The zero-order chi connectivity index (χ0) is 14.7. The summed E-state index contributed by atoms with van der Waals surface area (Å²) in [5.74, 6) is 0.860. The predicted octanol–water partition coefficient (Wildman–Crippen LogP) is 5.89. The van der Waals surface area contributed by atoms with Crippen LogP contribution in [0.3, 0.4) is 0 Å². The summed E-state index contributed by atoms with van der Waals surface area (Å²) < 4.78 is 0. The molecule has 4 heteroatoms. The first kappa shape index (κ1) is 15.1. The van der Waals surface area contributed by atoms with Crippen molar-refractivity contribution in [3.63, 3.8) is 0 Å². The third-order valence-corrected chi connectivity index (χ3v) is 5.37. The third kappa shape index (κ3) is 3.88. The van der Waals surface area contributed by atoms with Crippen LogP contribution in [0.4, 0.5) is 5.69 Å². The van der Waals surface area contributed by atoms with Crippen molar-refractivity contribution < 1.29 is 0 Å². The highest BCUT2D eigenvalue weighted by molar-refractivity contribution is 7.98. The van der Waals surface area contributed by atoms with Crippen LogP contribution in [0.2, 0.25) is 10.0 Å². The zero-order valence-electron chi connectivity index (χ0n) is 11.7. The number of nitrogens with zero attached hydrogens (tertiary/aromatic N) is 1. The molecule has 0 N–H and O–H groups in total. The molecule has 3 rings (SSSR count). The third-order valence-electron chi connectivity index (χ3n) is 3.72. The number of hydrogen-bond acceptors (Lipinski definition) is 2. The first-order valence-electron chi connectivity index (χ1n) is 7.14. The van der Waals surface area contributed by atoms with Gasteiger partial charge in [0.05, 0.1) is 0 Å². The summed E-state index contributed by atoms with van der Waals surface area (Å²) in [5.41, 5.74) is 2.45. The monoisotopic (exact) mass is 337 g/mol. The van der Waals surface area contributed by atoms with Gasteiger partial charge in [-0.2, -0.15) is 0 Å². The van der Waals surface area contributed by atoms with Gasteiger partial charge < -0.3 is 4.90 Å². The number of halogens is 2. The lowest BCUT2D eigenvalue weighted by molar-refractivity contribution is 0.949. The molecule has 1 heterocycles. The first-order chi connectivity index (χ1) is 10.2. The summed E-state index contributed by atoms with van der Waals surface area (Å²) >= 11 is 13.9. The van der Waals surface area contributed by atoms with E-state index in [2.05, 4.69) is 29.2 Å². The predicted molar refractivity (Wildman–Crippen MR) is 93.9 cm³/mol. The van der Waals surface area contributed by atoms with E-state index in [4.69, 9.17) is 23.2 Å². The van der Waals surface area contributed by atoms with Crippen molar-refractivity contribution in [2.24, 2.45) is 0 Å². The van der Waals surface area contributed by atoms with E-state index >= 15 is 0 Å². The Labute approximate surface area is 140 Å². The standard InChI is InChI=1S/C17H17Cl2NS/c18-14-4-3-13(17(19)11-14)12-21-16-7-5-15(6-8-16)20-9-1-2-10-20/h3-8,11H,1-2,9-10,12H2. The number of rotatable bonds is 4. The normalized spacial score (nSPS) is 14.7. The minimum absolute atomic E-state index is 0.684. The van der Waals surface area contributed by atoms with Gasteiger partial charge in [0.25, 0.3) is 0 Å². The molecule has 0 unspecified atom stereocenters. The molecule has 0 atom stereocenters. The van der Waals surface area contributed by atoms with Crippen LogP contribution in [-0.2, 0) is 5.75 Å². The second-order valence-corrected chi connectivity index (χ2v) is 7.10. The second-order valence-electron chi connectivity index (χ2n) is 5.21. The first-order valence-corrected chi connectivity index (χ1v) is 8.88. The lowest BCUT2D eigenvalue weighted by Crippen LogP contribution is -2.17. The summed E-state index contributed by atoms with van der Waals surface area (Å²) in [6, 6.07) is 14.5. The van der Waals surface area contributed by atoms with E-state index in [1.807, 2.05) is 12.1 Å². The fourth-order valence-corrected chi connectivity index (χ4v) is 3.99. The van der Waals surface area contributed by atoms with Gasteiger partial charge in [0, 0.05) is 39.5 Å². The Kier molecular flexibility index (Phi) is 4.99. The van der Waals surface area contributed by atoms with E-state index in [9.17, 15) is 0 Å². The van der Waals surface area contributed by atoms with Crippen LogP contribution in [0.15, 0.2) is 47.4 Å². The molecule has 2 aromatic rings. The van der Waals surface area contributed by atoms with Gasteiger partial charge in [-0.15, -0.1) is 11.8 Å². The molecule has 1 saturated heterocycles. The fourth-order valence-electron chi connectivity index (χ4n) is 2.53. The molecule has 0 bridgehead atoms. The Bertz CT molecular complexity index is 607. The maximum atomic E-state index is 6.20. The van der Waals surface area contributed by atoms with E-state index in [0.29, 0.717) is 5.02 Å². The molecule has 21 heavy (non-hydrogen) atoms. The molecule has 0 aliphatic carbocycles. The van der Waals surface area contributed by atoms with Crippen LogP contribution < -0.4 is 4.90 Å². The van der Waals surface area contributed by atoms with Gasteiger partial charge in [0.1, 0.15) is 0 Å². The smallest absolute Gasteiger partial charge is 0.0461 e. The van der Waals surface area contributed by atoms with Crippen LogP contribution in [0.5, 0.6) is 0 Å². The lowest BCUT2D eigenvalue weighted by atomic mass is 10.2. The van der Waals surface area contributed by atoms with Gasteiger partial charge in [-0.1, -0.05) is 29.3 Å². The molecule has 1 nitrogen and oxygen atoms in total. The molecular weight excluding hydrogens is 321 g/mol. The van der Waals surface area contributed by atoms with Crippen molar-refractivity contribution >= 4 is 40.7 Å². The number of hydrogen-bond donors (Lipinski definition) is 0. The number of anilines is 1. The Hall–Kier alpha value is -0.830. The van der Waals surface area contributed by atoms with Crippen molar-refractivity contribution in [2.75, 3.05) is 18.0 Å². The molecule has 0 amide bonds. The van der Waals surface area contributed by atoms with E-state index in [1.54, 1.807) is 17.8 Å². The fraction of sp³-hybridized carbons (Fsp3) is 0.294. The summed E-state index contributed by atoms with van der Waals surface area (Å²) in [4.78, 5) is 3.72. The molecule has 1 fully saturated rings. The van der Waals surface area contributed by atoms with Gasteiger partial charge in [0.2, 0.25) is 0 Å². The van der Waals surface area contributed by atoms with Crippen LogP contribution >= 0.6 is 35.0 Å². The van der Waals surface area contributed by atoms with Crippen LogP contribution in [0.25, 0.3) is 0 Å². The summed E-state index contributed by atoms with van der Waals surface area (Å²) in [7, 11) is 0. The number of benzene rings is 2. The van der Waals surface area contributed by atoms with Gasteiger partial charge in [-0.3, -0.25) is 0 Å². The van der Waals surface area contributed by atoms with Crippen molar-refractivity contribution in [1.82, 2.24) is 0 Å². The Morgan fingerprint density at radius 3 is 2.33 bits per heavy atom. The van der Waals surface area contributed by atoms with Gasteiger partial charge in [-0.25, -0.2) is 0 Å². The van der Waals surface area contributed by atoms with E-state index in [-0.39, 0.29) is 0 Å². The van der Waals surface area contributed by atoms with E-state index in [1.165, 1.54) is 36.5 Å². The highest BCUT2D eigenvalue weighted by atomic mass is 35.5. The average Bonchev–Trinajstić information content (AvgIpc) is 3.01. The Morgan fingerprint density at radius 2 is 1.67 bits per heavy atom. The van der Waals surface area contributed by atoms with Crippen molar-refractivity contribution in [2.45, 2.75) is 23.5 Å². The minimum Gasteiger partial charge on any atom is -0.372 e. The molecular formula is C17H17Cl2NS. The molecule has 0 radical (unpaired) electrons. The zero-order valence-corrected chi connectivity index (χ0v) is 14.0. The summed E-state index contributed by atoms with van der Waals surface area (Å²) in [6.07, 6.45) is 2.62. The van der Waals surface area contributed by atoms with E-state index < -0.39 is 0 Å². The minimum atomic E-state index is 0.684. The highest BCUT2D eigenvalue weighted by Gasteiger charge is 2.11. The van der Waals surface area contributed by atoms with Crippen molar-refractivity contribution in [3.8, 4) is 0 Å². The molecule has 1 aliphatic rings. The van der Waals surface area contributed by atoms with Crippen molar-refractivity contribution in [3.05, 3.63) is 58.1 Å². The Morgan fingerprint density at radius 1 is 0.952 bits per heavy atom. The maximum Gasteiger partial charge on any atom is 0.0461 e. The van der Waals surface area contributed by atoms with Gasteiger partial charge >= 0.3 is 0 Å². The lowest BCUT2D eigenvalue weighted by Gasteiger charge is -2.17. The summed E-state index contributed by atoms with van der Waals surface area (Å²) in [5, 5.41) is 1.42. The topological polar surface area (TPSA) is 3.24 Å². The maximum absolute atomic E-state index is 6.20. The second kappa shape index (κ2) is 6.95. The quantitative estimate of drug-likeness (QED) is 0.640. The largest absolute Gasteiger partial charge is 0.372 e. The molecule has 0 saturated carbocycles. The molecule has 1 aliphatic heterocycles. The molecule has 0 spiro atoms. The van der Waals surface area contributed by atoms with Gasteiger partial charge in [-0.05, 0) is 54.8 Å².